The number of likely N-dealkylation sites (N-methyl/N-ethyl adjacent to an activating group) is 1. The summed E-state index contributed by atoms with van der Waals surface area (Å²) < 4.78 is 40.2. The highest BCUT2D eigenvalue weighted by molar-refractivity contribution is 5.99. The highest BCUT2D eigenvalue weighted by Gasteiger charge is 2.30. The SMILES string of the molecule is CN1CCc2ncc(NC(=O)Nc3ccc(OC(F)(F)F)cc3)cc2C1. The minimum atomic E-state index is -4.75. The summed E-state index contributed by atoms with van der Waals surface area (Å²) in [6.45, 7) is 1.71. The van der Waals surface area contributed by atoms with Gasteiger partial charge in [-0.1, -0.05) is 0 Å². The number of nitrogens with zero attached hydrogens (tertiary/aromatic N) is 2. The Morgan fingerprint density at radius 1 is 1.19 bits per heavy atom. The maximum atomic E-state index is 12.1. The molecule has 138 valence electrons. The van der Waals surface area contributed by atoms with E-state index in [2.05, 4.69) is 25.3 Å². The number of pyridine rings is 1. The fourth-order valence-corrected chi connectivity index (χ4v) is 2.67. The molecule has 0 saturated heterocycles. The molecule has 0 saturated carbocycles. The summed E-state index contributed by atoms with van der Waals surface area (Å²) in [5, 5.41) is 5.21. The lowest BCUT2D eigenvalue weighted by atomic mass is 10.1. The number of fused-ring (bicyclic) bond motifs is 1. The van der Waals surface area contributed by atoms with Gasteiger partial charge < -0.3 is 20.3 Å². The van der Waals surface area contributed by atoms with E-state index in [0.29, 0.717) is 11.4 Å². The van der Waals surface area contributed by atoms with Gasteiger partial charge in [-0.05, 0) is 42.9 Å². The molecular formula is C17H17F3N4O2. The average Bonchev–Trinajstić information content (AvgIpc) is 2.55. The highest BCUT2D eigenvalue weighted by atomic mass is 19.4. The molecule has 1 aliphatic heterocycles. The number of anilines is 2. The first kappa shape index (κ1) is 18.0. The number of amides is 2. The summed E-state index contributed by atoms with van der Waals surface area (Å²) in [5.41, 5.74) is 2.97. The van der Waals surface area contributed by atoms with Gasteiger partial charge >= 0.3 is 12.4 Å². The molecule has 0 radical (unpaired) electrons. The van der Waals surface area contributed by atoms with Crippen molar-refractivity contribution in [1.82, 2.24) is 9.88 Å². The molecule has 1 aromatic heterocycles. The monoisotopic (exact) mass is 366 g/mol. The van der Waals surface area contributed by atoms with Gasteiger partial charge in [-0.3, -0.25) is 4.98 Å². The van der Waals surface area contributed by atoms with Crippen molar-refractivity contribution in [3.8, 4) is 5.75 Å². The molecule has 3 rings (SSSR count). The lowest BCUT2D eigenvalue weighted by Crippen LogP contribution is -2.27. The molecule has 2 aromatic rings. The van der Waals surface area contributed by atoms with Crippen LogP contribution in [0.4, 0.5) is 29.3 Å². The molecular weight excluding hydrogens is 349 g/mol. The van der Waals surface area contributed by atoms with Gasteiger partial charge in [0.1, 0.15) is 5.75 Å². The fourth-order valence-electron chi connectivity index (χ4n) is 2.67. The van der Waals surface area contributed by atoms with E-state index in [4.69, 9.17) is 0 Å². The van der Waals surface area contributed by atoms with E-state index in [1.807, 2.05) is 13.1 Å². The molecule has 1 aromatic carbocycles. The summed E-state index contributed by atoms with van der Waals surface area (Å²) in [5.74, 6) is -0.355. The Labute approximate surface area is 148 Å². The Hall–Kier alpha value is -2.81. The predicted octanol–water partition coefficient (Wildman–Crippen LogP) is 3.61. The number of hydrogen-bond donors (Lipinski definition) is 2. The van der Waals surface area contributed by atoms with Crippen LogP contribution in [0.25, 0.3) is 0 Å². The van der Waals surface area contributed by atoms with E-state index in [1.54, 1.807) is 6.20 Å². The van der Waals surface area contributed by atoms with Gasteiger partial charge in [0, 0.05) is 30.9 Å². The van der Waals surface area contributed by atoms with E-state index in [1.165, 1.54) is 12.1 Å². The molecule has 0 spiro atoms. The topological polar surface area (TPSA) is 66.5 Å². The van der Waals surface area contributed by atoms with Crippen molar-refractivity contribution in [3.63, 3.8) is 0 Å². The van der Waals surface area contributed by atoms with E-state index in [-0.39, 0.29) is 5.75 Å². The van der Waals surface area contributed by atoms with Crippen LogP contribution in [-0.2, 0) is 13.0 Å². The standard InChI is InChI=1S/C17H17F3N4O2/c1-24-7-6-15-11(10-24)8-13(9-21-15)23-16(25)22-12-2-4-14(5-3-12)26-17(18,19)20/h2-5,8-9H,6-7,10H2,1H3,(H2,22,23,25). The van der Waals surface area contributed by atoms with Crippen LogP contribution in [0.5, 0.6) is 5.75 Å². The quantitative estimate of drug-likeness (QED) is 0.871. The van der Waals surface area contributed by atoms with Crippen molar-refractivity contribution in [3.05, 3.63) is 47.8 Å². The number of ether oxygens (including phenoxy) is 1. The third kappa shape index (κ3) is 4.85. The van der Waals surface area contributed by atoms with Crippen molar-refractivity contribution in [2.24, 2.45) is 0 Å². The lowest BCUT2D eigenvalue weighted by Gasteiger charge is -2.24. The highest BCUT2D eigenvalue weighted by Crippen LogP contribution is 2.24. The fraction of sp³-hybridized carbons (Fsp3) is 0.294. The maximum absolute atomic E-state index is 12.1. The predicted molar refractivity (Wildman–Crippen MR) is 90.0 cm³/mol. The van der Waals surface area contributed by atoms with Crippen molar-refractivity contribution in [1.29, 1.82) is 0 Å². The van der Waals surface area contributed by atoms with Gasteiger partial charge in [0.15, 0.2) is 0 Å². The van der Waals surface area contributed by atoms with Crippen LogP contribution in [0.15, 0.2) is 36.5 Å². The van der Waals surface area contributed by atoms with Crippen molar-refractivity contribution in [2.45, 2.75) is 19.3 Å². The Bertz CT molecular complexity index is 794. The second-order valence-corrected chi connectivity index (χ2v) is 5.97. The lowest BCUT2D eigenvalue weighted by molar-refractivity contribution is -0.274. The van der Waals surface area contributed by atoms with E-state index < -0.39 is 12.4 Å². The van der Waals surface area contributed by atoms with Gasteiger partial charge in [0.2, 0.25) is 0 Å². The van der Waals surface area contributed by atoms with Gasteiger partial charge in [-0.25, -0.2) is 4.79 Å². The summed E-state index contributed by atoms with van der Waals surface area (Å²) in [7, 11) is 2.02. The Morgan fingerprint density at radius 2 is 1.88 bits per heavy atom. The van der Waals surface area contributed by atoms with Crippen LogP contribution in [0.2, 0.25) is 0 Å². The van der Waals surface area contributed by atoms with Gasteiger partial charge in [0.25, 0.3) is 0 Å². The minimum absolute atomic E-state index is 0.336. The third-order valence-electron chi connectivity index (χ3n) is 3.83. The smallest absolute Gasteiger partial charge is 0.406 e. The van der Waals surface area contributed by atoms with Crippen LogP contribution >= 0.6 is 0 Å². The first-order valence-corrected chi connectivity index (χ1v) is 7.89. The number of carbonyl (C=O) groups excluding carboxylic acids is 1. The van der Waals surface area contributed by atoms with E-state index >= 15 is 0 Å². The molecule has 0 aliphatic carbocycles. The Kier molecular flexibility index (Phi) is 4.99. The zero-order valence-electron chi connectivity index (χ0n) is 13.9. The summed E-state index contributed by atoms with van der Waals surface area (Å²) in [6.07, 6.45) is -2.30. The number of urea groups is 1. The van der Waals surface area contributed by atoms with Crippen molar-refractivity contribution < 1.29 is 22.7 Å². The second kappa shape index (κ2) is 7.20. The molecule has 2 amide bonds. The number of rotatable bonds is 3. The molecule has 1 aliphatic rings. The van der Waals surface area contributed by atoms with Crippen molar-refractivity contribution >= 4 is 17.4 Å². The molecule has 0 bridgehead atoms. The van der Waals surface area contributed by atoms with Crippen LogP contribution in [0, 0.1) is 0 Å². The number of nitrogens with one attached hydrogen (secondary N) is 2. The number of halogens is 3. The largest absolute Gasteiger partial charge is 0.573 e. The number of carbonyl (C=O) groups is 1. The first-order chi connectivity index (χ1) is 12.3. The van der Waals surface area contributed by atoms with Crippen LogP contribution in [-0.4, -0.2) is 35.9 Å². The molecule has 9 heteroatoms. The number of alkyl halides is 3. The normalized spacial score (nSPS) is 14.5. The summed E-state index contributed by atoms with van der Waals surface area (Å²) in [4.78, 5) is 18.6. The van der Waals surface area contributed by atoms with Crippen molar-refractivity contribution in [2.75, 3.05) is 24.2 Å². The molecule has 26 heavy (non-hydrogen) atoms. The van der Waals surface area contributed by atoms with Gasteiger partial charge in [0.05, 0.1) is 11.9 Å². The minimum Gasteiger partial charge on any atom is -0.406 e. The molecule has 2 heterocycles. The average molecular weight is 366 g/mol. The van der Waals surface area contributed by atoms with E-state index in [9.17, 15) is 18.0 Å². The molecule has 0 unspecified atom stereocenters. The molecule has 0 fully saturated rings. The molecule has 0 atom stereocenters. The number of aromatic nitrogens is 1. The number of benzene rings is 1. The molecule has 6 nitrogen and oxygen atoms in total. The zero-order valence-corrected chi connectivity index (χ0v) is 13.9. The first-order valence-electron chi connectivity index (χ1n) is 7.89. The summed E-state index contributed by atoms with van der Waals surface area (Å²) in [6, 6.07) is 6.25. The zero-order chi connectivity index (χ0) is 18.7. The van der Waals surface area contributed by atoms with Crippen LogP contribution < -0.4 is 15.4 Å². The maximum Gasteiger partial charge on any atom is 0.573 e. The number of hydrogen-bond acceptors (Lipinski definition) is 4. The Morgan fingerprint density at radius 3 is 2.58 bits per heavy atom. The van der Waals surface area contributed by atoms with E-state index in [0.717, 1.165) is 42.9 Å². The summed E-state index contributed by atoms with van der Waals surface area (Å²) >= 11 is 0. The Balaban J connectivity index is 1.60. The van der Waals surface area contributed by atoms with Crippen LogP contribution in [0.3, 0.4) is 0 Å². The molecule has 2 N–H and O–H groups in total. The third-order valence-corrected chi connectivity index (χ3v) is 3.83. The van der Waals surface area contributed by atoms with Gasteiger partial charge in [-0.2, -0.15) is 0 Å². The second-order valence-electron chi connectivity index (χ2n) is 5.97. The van der Waals surface area contributed by atoms with Gasteiger partial charge in [-0.15, -0.1) is 13.2 Å². The van der Waals surface area contributed by atoms with Crippen LogP contribution in [0.1, 0.15) is 11.3 Å².